The first-order valence-electron chi connectivity index (χ1n) is 7.47. The SMILES string of the molecule is CCNC(CCc1ccsc1)c1ccc2ccccc2n1. The van der Waals surface area contributed by atoms with Crippen LogP contribution in [0.4, 0.5) is 0 Å². The highest BCUT2D eigenvalue weighted by molar-refractivity contribution is 7.07. The van der Waals surface area contributed by atoms with Gasteiger partial charge >= 0.3 is 0 Å². The molecule has 1 N–H and O–H groups in total. The predicted octanol–water partition coefficient (Wildman–Crippen LogP) is 4.58. The van der Waals surface area contributed by atoms with Gasteiger partial charge in [0.2, 0.25) is 0 Å². The first-order chi connectivity index (χ1) is 10.4. The van der Waals surface area contributed by atoms with Crippen molar-refractivity contribution >= 4 is 22.2 Å². The molecular formula is C18H20N2S. The predicted molar refractivity (Wildman–Crippen MR) is 90.8 cm³/mol. The van der Waals surface area contributed by atoms with Crippen LogP contribution in [-0.4, -0.2) is 11.5 Å². The number of nitrogens with zero attached hydrogens (tertiary/aromatic N) is 1. The summed E-state index contributed by atoms with van der Waals surface area (Å²) in [5.41, 5.74) is 3.64. The van der Waals surface area contributed by atoms with E-state index in [2.05, 4.69) is 59.4 Å². The third-order valence-electron chi connectivity index (χ3n) is 3.73. The van der Waals surface area contributed by atoms with Crippen molar-refractivity contribution in [2.75, 3.05) is 6.54 Å². The fraction of sp³-hybridized carbons (Fsp3) is 0.278. The number of para-hydroxylation sites is 1. The quantitative estimate of drug-likeness (QED) is 0.720. The van der Waals surface area contributed by atoms with Gasteiger partial charge < -0.3 is 5.32 Å². The number of benzene rings is 1. The van der Waals surface area contributed by atoms with Gasteiger partial charge in [-0.3, -0.25) is 4.98 Å². The lowest BCUT2D eigenvalue weighted by molar-refractivity contribution is 0.505. The molecule has 1 unspecified atom stereocenters. The molecule has 1 aromatic carbocycles. The Morgan fingerprint density at radius 2 is 2.05 bits per heavy atom. The summed E-state index contributed by atoms with van der Waals surface area (Å²) in [7, 11) is 0. The van der Waals surface area contributed by atoms with Crippen LogP contribution >= 0.6 is 11.3 Å². The molecule has 0 aliphatic heterocycles. The maximum Gasteiger partial charge on any atom is 0.0706 e. The van der Waals surface area contributed by atoms with Gasteiger partial charge in [-0.2, -0.15) is 11.3 Å². The smallest absolute Gasteiger partial charge is 0.0706 e. The number of fused-ring (bicyclic) bond motifs is 1. The van der Waals surface area contributed by atoms with Crippen molar-refractivity contribution < 1.29 is 0 Å². The van der Waals surface area contributed by atoms with Gasteiger partial charge in [-0.15, -0.1) is 0 Å². The van der Waals surface area contributed by atoms with Crippen molar-refractivity contribution in [2.24, 2.45) is 0 Å². The summed E-state index contributed by atoms with van der Waals surface area (Å²) in [6, 6.07) is 15.2. The van der Waals surface area contributed by atoms with E-state index in [-0.39, 0.29) is 0 Å². The summed E-state index contributed by atoms with van der Waals surface area (Å²) >= 11 is 1.77. The molecule has 3 aromatic rings. The van der Waals surface area contributed by atoms with Crippen LogP contribution in [0.25, 0.3) is 10.9 Å². The van der Waals surface area contributed by atoms with Gasteiger partial charge in [0, 0.05) is 11.4 Å². The van der Waals surface area contributed by atoms with Gasteiger partial charge in [0.25, 0.3) is 0 Å². The Labute approximate surface area is 129 Å². The zero-order valence-electron chi connectivity index (χ0n) is 12.3. The van der Waals surface area contributed by atoms with Gasteiger partial charge in [-0.1, -0.05) is 31.2 Å². The van der Waals surface area contributed by atoms with Crippen molar-refractivity contribution in [3.8, 4) is 0 Å². The van der Waals surface area contributed by atoms with Crippen molar-refractivity contribution in [1.29, 1.82) is 0 Å². The average Bonchev–Trinajstić information content (AvgIpc) is 3.04. The van der Waals surface area contributed by atoms with Gasteiger partial charge in [-0.05, 0) is 53.9 Å². The summed E-state index contributed by atoms with van der Waals surface area (Å²) in [6.07, 6.45) is 2.17. The minimum Gasteiger partial charge on any atom is -0.309 e. The van der Waals surface area contributed by atoms with Crippen molar-refractivity contribution in [2.45, 2.75) is 25.8 Å². The average molecular weight is 296 g/mol. The highest BCUT2D eigenvalue weighted by atomic mass is 32.1. The summed E-state index contributed by atoms with van der Waals surface area (Å²) < 4.78 is 0. The minimum atomic E-state index is 0.319. The monoisotopic (exact) mass is 296 g/mol. The first kappa shape index (κ1) is 14.2. The molecule has 0 fully saturated rings. The second kappa shape index (κ2) is 6.83. The Morgan fingerprint density at radius 1 is 1.14 bits per heavy atom. The van der Waals surface area contributed by atoms with E-state index in [4.69, 9.17) is 4.98 Å². The molecule has 0 bridgehead atoms. The zero-order chi connectivity index (χ0) is 14.5. The minimum absolute atomic E-state index is 0.319. The molecule has 0 amide bonds. The number of hydrogen-bond donors (Lipinski definition) is 1. The zero-order valence-corrected chi connectivity index (χ0v) is 13.1. The highest BCUT2D eigenvalue weighted by Crippen LogP contribution is 2.21. The van der Waals surface area contributed by atoms with E-state index < -0.39 is 0 Å². The Kier molecular flexibility index (Phi) is 4.63. The fourth-order valence-electron chi connectivity index (χ4n) is 2.62. The van der Waals surface area contributed by atoms with Crippen LogP contribution in [0, 0.1) is 0 Å². The van der Waals surface area contributed by atoms with Crippen LogP contribution in [-0.2, 0) is 6.42 Å². The van der Waals surface area contributed by atoms with Crippen LogP contribution in [0.2, 0.25) is 0 Å². The van der Waals surface area contributed by atoms with Gasteiger partial charge in [0.05, 0.1) is 11.2 Å². The van der Waals surface area contributed by atoms with Gasteiger partial charge in [0.1, 0.15) is 0 Å². The van der Waals surface area contributed by atoms with E-state index >= 15 is 0 Å². The Morgan fingerprint density at radius 3 is 2.86 bits per heavy atom. The Hall–Kier alpha value is -1.71. The molecule has 3 heteroatoms. The van der Waals surface area contributed by atoms with Crippen LogP contribution in [0.15, 0.2) is 53.2 Å². The van der Waals surface area contributed by atoms with Crippen molar-refractivity contribution in [3.63, 3.8) is 0 Å². The highest BCUT2D eigenvalue weighted by Gasteiger charge is 2.12. The van der Waals surface area contributed by atoms with Gasteiger partial charge in [-0.25, -0.2) is 0 Å². The lowest BCUT2D eigenvalue weighted by atomic mass is 10.0. The number of aromatic nitrogens is 1. The molecule has 2 heterocycles. The van der Waals surface area contributed by atoms with Crippen LogP contribution in [0.5, 0.6) is 0 Å². The molecule has 0 radical (unpaired) electrons. The normalized spacial score (nSPS) is 12.6. The summed E-state index contributed by atoms with van der Waals surface area (Å²) in [6.45, 7) is 3.11. The number of thiophene rings is 1. The molecule has 21 heavy (non-hydrogen) atoms. The van der Waals surface area contributed by atoms with E-state index in [0.29, 0.717) is 6.04 Å². The molecule has 2 aromatic heterocycles. The van der Waals surface area contributed by atoms with Crippen molar-refractivity contribution in [3.05, 3.63) is 64.5 Å². The second-order valence-corrected chi connectivity index (χ2v) is 5.99. The van der Waals surface area contributed by atoms with E-state index in [1.807, 2.05) is 6.07 Å². The Bertz CT molecular complexity index is 691. The lowest BCUT2D eigenvalue weighted by Crippen LogP contribution is -2.22. The number of hydrogen-bond acceptors (Lipinski definition) is 3. The standard InChI is InChI=1S/C18H20N2S/c1-2-19-17(9-7-14-11-12-21-13-14)18-10-8-15-5-3-4-6-16(15)20-18/h3-6,8,10-13,17,19H,2,7,9H2,1H3. The molecule has 0 aliphatic carbocycles. The number of nitrogens with one attached hydrogen (secondary N) is 1. The largest absolute Gasteiger partial charge is 0.309 e. The molecule has 3 rings (SSSR count). The molecular weight excluding hydrogens is 276 g/mol. The second-order valence-electron chi connectivity index (χ2n) is 5.21. The van der Waals surface area contributed by atoms with Crippen LogP contribution < -0.4 is 5.32 Å². The molecule has 0 saturated carbocycles. The molecule has 0 saturated heterocycles. The molecule has 108 valence electrons. The molecule has 0 spiro atoms. The van der Waals surface area contributed by atoms with E-state index in [1.54, 1.807) is 11.3 Å². The first-order valence-corrected chi connectivity index (χ1v) is 8.41. The maximum atomic E-state index is 4.83. The van der Waals surface area contributed by atoms with E-state index in [9.17, 15) is 0 Å². The number of pyridine rings is 1. The van der Waals surface area contributed by atoms with Crippen molar-refractivity contribution in [1.82, 2.24) is 10.3 Å². The number of aryl methyl sites for hydroxylation is 1. The molecule has 1 atom stereocenters. The lowest BCUT2D eigenvalue weighted by Gasteiger charge is -2.17. The van der Waals surface area contributed by atoms with Crippen LogP contribution in [0.3, 0.4) is 0 Å². The Balaban J connectivity index is 1.80. The topological polar surface area (TPSA) is 24.9 Å². The van der Waals surface area contributed by atoms with Gasteiger partial charge in [0.15, 0.2) is 0 Å². The third-order valence-corrected chi connectivity index (χ3v) is 4.46. The number of rotatable bonds is 6. The maximum absolute atomic E-state index is 4.83. The fourth-order valence-corrected chi connectivity index (χ4v) is 3.33. The molecule has 0 aliphatic rings. The van der Waals surface area contributed by atoms with Crippen LogP contribution in [0.1, 0.15) is 30.6 Å². The summed E-state index contributed by atoms with van der Waals surface area (Å²) in [5, 5.41) is 9.15. The third kappa shape index (κ3) is 3.49. The summed E-state index contributed by atoms with van der Waals surface area (Å²) in [5.74, 6) is 0. The van der Waals surface area contributed by atoms with E-state index in [1.165, 1.54) is 10.9 Å². The van der Waals surface area contributed by atoms with E-state index in [0.717, 1.165) is 30.6 Å². The summed E-state index contributed by atoms with van der Waals surface area (Å²) in [4.78, 5) is 4.83. The molecule has 2 nitrogen and oxygen atoms in total.